The zero-order valence-corrected chi connectivity index (χ0v) is 23.7. The van der Waals surface area contributed by atoms with Crippen LogP contribution in [0.25, 0.3) is 0 Å². The van der Waals surface area contributed by atoms with E-state index in [-0.39, 0.29) is 53.7 Å². The van der Waals surface area contributed by atoms with Crippen molar-refractivity contribution in [3.8, 4) is 0 Å². The maximum atomic E-state index is 12.9. The van der Waals surface area contributed by atoms with Crippen molar-refractivity contribution < 1.29 is 49.1 Å². The molecule has 0 bridgehead atoms. The Balaban J connectivity index is 0.00000306. The third-order valence-corrected chi connectivity index (χ3v) is 8.52. The summed E-state index contributed by atoms with van der Waals surface area (Å²) >= 11 is 0. The monoisotopic (exact) mass is 700 g/mol. The van der Waals surface area contributed by atoms with Gasteiger partial charge >= 0.3 is 6.18 Å². The Hall–Kier alpha value is -1.14. The van der Waals surface area contributed by atoms with Crippen LogP contribution in [0.3, 0.4) is 0 Å². The first-order chi connectivity index (χ1) is 15.4. The van der Waals surface area contributed by atoms with Crippen LogP contribution in [0.5, 0.6) is 0 Å². The van der Waals surface area contributed by atoms with E-state index in [1.807, 2.05) is 0 Å². The van der Waals surface area contributed by atoms with E-state index in [1.165, 1.54) is 16.5 Å². The Kier molecular flexibility index (Phi) is 8.88. The van der Waals surface area contributed by atoms with Crippen molar-refractivity contribution in [1.82, 2.24) is 9.29 Å². The molecule has 33 heavy (non-hydrogen) atoms. The Bertz CT molecular complexity index is 1010. The van der Waals surface area contributed by atoms with E-state index in [4.69, 9.17) is 0 Å². The van der Waals surface area contributed by atoms with E-state index < -0.39 is 11.7 Å². The summed E-state index contributed by atoms with van der Waals surface area (Å²) in [5, 5.41) is 2.21. The van der Waals surface area contributed by atoms with Crippen molar-refractivity contribution in [3.05, 3.63) is 53.2 Å². The average Bonchev–Trinajstić information content (AvgIpc) is 3.22. The van der Waals surface area contributed by atoms with Gasteiger partial charge in [0.15, 0.2) is 0 Å². The van der Waals surface area contributed by atoms with Crippen molar-refractivity contribution in [1.29, 1.82) is 0 Å². The Labute approximate surface area is 219 Å². The molecule has 4 rings (SSSR count). The summed E-state index contributed by atoms with van der Waals surface area (Å²) in [6.07, 6.45) is 1.41. The number of anilines is 1. The van der Waals surface area contributed by atoms with Gasteiger partial charge in [-0.1, -0.05) is 35.6 Å². The molecular formula is C24H27F3N3OSU-. The molecule has 3 unspecified atom stereocenters. The third-order valence-electron chi connectivity index (χ3n) is 6.35. The maximum absolute atomic E-state index is 12.9. The molecule has 1 aromatic heterocycles. The van der Waals surface area contributed by atoms with Crippen LogP contribution in [0.15, 0.2) is 41.4 Å². The molecule has 1 fully saturated rings. The topological polar surface area (TPSA) is 36.4 Å². The number of alkyl halides is 3. The molecule has 176 valence electrons. The molecule has 0 spiro atoms. The smallest absolute Gasteiger partial charge is 0.417 e. The molecule has 2 heterocycles. The van der Waals surface area contributed by atoms with Crippen LogP contribution in [-0.2, 0) is 17.4 Å². The molecule has 4 nitrogen and oxygen atoms in total. The molecule has 0 radical (unpaired) electrons. The van der Waals surface area contributed by atoms with Gasteiger partial charge in [0, 0.05) is 67.9 Å². The van der Waals surface area contributed by atoms with E-state index in [0.717, 1.165) is 43.6 Å². The van der Waals surface area contributed by atoms with Crippen molar-refractivity contribution >= 4 is 28.1 Å². The van der Waals surface area contributed by atoms with Gasteiger partial charge in [0.05, 0.1) is 5.56 Å². The first kappa shape index (κ1) is 26.5. The quantitative estimate of drug-likeness (QED) is 0.318. The van der Waals surface area contributed by atoms with Crippen LogP contribution in [0.1, 0.15) is 49.3 Å². The normalized spacial score (nSPS) is 22.0. The van der Waals surface area contributed by atoms with E-state index in [1.54, 1.807) is 0 Å². The second kappa shape index (κ2) is 11.1. The number of fused-ring (bicyclic) bond motifs is 1. The Morgan fingerprint density at radius 2 is 2.03 bits per heavy atom. The third kappa shape index (κ3) is 5.58. The fourth-order valence-electron chi connectivity index (χ4n) is 4.62. The van der Waals surface area contributed by atoms with Crippen LogP contribution in [-0.4, -0.2) is 46.6 Å². The predicted octanol–water partition coefficient (Wildman–Crippen LogP) is 5.21. The summed E-state index contributed by atoms with van der Waals surface area (Å²) < 4.78 is 41.1. The zero-order chi connectivity index (χ0) is 22.9. The number of aromatic nitrogens is 1. The zero-order valence-electron chi connectivity index (χ0n) is 18.7. The standard InChI is InChI=1S/C24H27F3N3OS.U/c1-3-20-15-29(23-10-8-19(14-28-23)24(25,26)27)11-12-30(20)32(4-2)21-9-7-17-5-6-18(16-31)22(17)13-21;/h4,7-10,13-14,18,20H,3,5-6,11-12,15H2,1-2H3;/q-1;. The fraction of sp³-hybridized carbons (Fsp3) is 0.458. The van der Waals surface area contributed by atoms with Crippen molar-refractivity contribution in [2.45, 2.75) is 56.1 Å². The summed E-state index contributed by atoms with van der Waals surface area (Å²) in [6.45, 7) is 6.40. The second-order valence-electron chi connectivity index (χ2n) is 8.17. The van der Waals surface area contributed by atoms with Gasteiger partial charge in [-0.3, -0.25) is 6.29 Å². The van der Waals surface area contributed by atoms with Crippen LogP contribution in [0.2, 0.25) is 0 Å². The van der Waals surface area contributed by atoms with Gasteiger partial charge in [-0.15, -0.1) is 5.92 Å². The molecule has 1 aliphatic carbocycles. The number of benzene rings is 1. The van der Waals surface area contributed by atoms with Crippen LogP contribution in [0, 0.1) is 31.1 Å². The molecule has 1 aromatic carbocycles. The van der Waals surface area contributed by atoms with Gasteiger partial charge in [0.25, 0.3) is 0 Å². The van der Waals surface area contributed by atoms with E-state index in [2.05, 4.69) is 57.9 Å². The molecule has 0 amide bonds. The minimum atomic E-state index is -4.38. The Morgan fingerprint density at radius 3 is 2.64 bits per heavy atom. The molecule has 2 aliphatic rings. The summed E-state index contributed by atoms with van der Waals surface area (Å²) in [6, 6.07) is 9.31. The number of piperazine rings is 1. The number of halogens is 3. The van der Waals surface area contributed by atoms with Crippen LogP contribution >= 0.6 is 10.7 Å². The number of aryl methyl sites for hydroxylation is 1. The van der Waals surface area contributed by atoms with Gasteiger partial charge in [0.1, 0.15) is 5.82 Å². The molecular weight excluding hydrogens is 673 g/mol. The fourth-order valence-corrected chi connectivity index (χ4v) is 6.70. The SMILES string of the molecule is C/C=S(\c1ccc2c(c1)C([C-]=O)CC2)N1CCN(c2ccc(C(F)(F)F)cn2)CC1CC.[U]. The number of hydrogen-bond donors (Lipinski definition) is 0. The molecule has 9 heteroatoms. The molecule has 3 atom stereocenters. The summed E-state index contributed by atoms with van der Waals surface area (Å²) in [7, 11) is -0.225. The minimum absolute atomic E-state index is 0. The first-order valence-corrected chi connectivity index (χ1v) is 12.2. The van der Waals surface area contributed by atoms with Gasteiger partial charge in [0.2, 0.25) is 0 Å². The van der Waals surface area contributed by atoms with E-state index >= 15 is 0 Å². The number of carbonyl (C=O) groups excluding carboxylic acids is 1. The molecule has 1 aliphatic heterocycles. The average molecular weight is 701 g/mol. The summed E-state index contributed by atoms with van der Waals surface area (Å²) in [5.74, 6) is 0.454. The molecule has 0 saturated carbocycles. The van der Waals surface area contributed by atoms with E-state index in [9.17, 15) is 18.0 Å². The van der Waals surface area contributed by atoms with Crippen molar-refractivity contribution in [3.63, 3.8) is 0 Å². The van der Waals surface area contributed by atoms with Crippen LogP contribution < -0.4 is 4.90 Å². The van der Waals surface area contributed by atoms with Crippen molar-refractivity contribution in [2.75, 3.05) is 24.5 Å². The minimum Gasteiger partial charge on any atom is -0.541 e. The van der Waals surface area contributed by atoms with Crippen LogP contribution in [0.4, 0.5) is 19.0 Å². The molecule has 1 saturated heterocycles. The van der Waals surface area contributed by atoms with Gasteiger partial charge in [-0.2, -0.15) is 13.2 Å². The van der Waals surface area contributed by atoms with E-state index in [0.29, 0.717) is 18.9 Å². The number of rotatable bonds is 5. The number of hydrogen-bond acceptors (Lipinski definition) is 4. The van der Waals surface area contributed by atoms with Gasteiger partial charge < -0.3 is 9.69 Å². The number of nitrogens with zero attached hydrogens (tertiary/aromatic N) is 3. The molecule has 2 aromatic rings. The summed E-state index contributed by atoms with van der Waals surface area (Å²) in [5.41, 5.74) is 1.63. The molecule has 0 N–H and O–H groups in total. The predicted molar refractivity (Wildman–Crippen MR) is 123 cm³/mol. The first-order valence-electron chi connectivity index (χ1n) is 10.9. The maximum Gasteiger partial charge on any atom is 0.417 e. The second-order valence-corrected chi connectivity index (χ2v) is 10.2. The largest absolute Gasteiger partial charge is 0.541 e. The van der Waals surface area contributed by atoms with Gasteiger partial charge in [-0.25, -0.2) is 9.29 Å². The van der Waals surface area contributed by atoms with Crippen molar-refractivity contribution in [2.24, 2.45) is 0 Å². The van der Waals surface area contributed by atoms with Gasteiger partial charge in [-0.05, 0) is 55.0 Å². The Morgan fingerprint density at radius 1 is 1.24 bits per heavy atom. The number of pyridine rings is 1. The summed E-state index contributed by atoms with van der Waals surface area (Å²) in [4.78, 5) is 18.7.